The monoisotopic (exact) mass is 372 g/mol. The van der Waals surface area contributed by atoms with Gasteiger partial charge in [0, 0.05) is 24.2 Å². The zero-order chi connectivity index (χ0) is 19.1. The Morgan fingerprint density at radius 3 is 2.71 bits per heavy atom. The van der Waals surface area contributed by atoms with Gasteiger partial charge < -0.3 is 9.72 Å². The summed E-state index contributed by atoms with van der Waals surface area (Å²) in [5.74, 6) is 1.94. The minimum atomic E-state index is -0.152. The summed E-state index contributed by atoms with van der Waals surface area (Å²) in [6.07, 6.45) is 4.92. The third-order valence-corrected chi connectivity index (χ3v) is 5.18. The van der Waals surface area contributed by atoms with E-state index in [2.05, 4.69) is 45.4 Å². The molecule has 5 rings (SSSR count). The molecule has 0 radical (unpaired) electrons. The Kier molecular flexibility index (Phi) is 3.97. The van der Waals surface area contributed by atoms with Crippen LogP contribution < -0.4 is 10.3 Å². The normalized spacial score (nSPS) is 13.8. The third-order valence-electron chi connectivity index (χ3n) is 5.18. The van der Waals surface area contributed by atoms with E-state index in [0.717, 1.165) is 11.3 Å². The summed E-state index contributed by atoms with van der Waals surface area (Å²) in [6.45, 7) is 0. The lowest BCUT2D eigenvalue weighted by molar-refractivity contribution is 0.415. The van der Waals surface area contributed by atoms with E-state index in [1.165, 1.54) is 18.5 Å². The fraction of sp³-hybridized carbons (Fsp3) is 0.227. The molecule has 1 aliphatic rings. The lowest BCUT2D eigenvalue weighted by atomic mass is 10.1. The van der Waals surface area contributed by atoms with Crippen LogP contribution in [0.2, 0.25) is 0 Å². The van der Waals surface area contributed by atoms with E-state index in [0.29, 0.717) is 34.8 Å². The Morgan fingerprint density at radius 2 is 1.96 bits per heavy atom. The van der Waals surface area contributed by atoms with Gasteiger partial charge in [-0.1, -0.05) is 12.1 Å². The number of nitrogens with zero attached hydrogens (tertiary/aromatic N) is 3. The molecule has 0 bridgehead atoms. The zero-order valence-corrected chi connectivity index (χ0v) is 15.6. The standard InChI is InChI=1S/C22H20N4O2/c1-28-17-8-9-19-18(13-17)22(27)25-21(24-19)12-14-2-6-16(7-3-14)26-20(10-11-23-26)15-4-5-15/h2-3,6-11,13,15H,4-5,12H2,1H3,(H,24,25,27). The van der Waals surface area contributed by atoms with Crippen LogP contribution in [0.1, 0.15) is 35.8 Å². The van der Waals surface area contributed by atoms with Gasteiger partial charge in [0.25, 0.3) is 5.56 Å². The van der Waals surface area contributed by atoms with Crippen molar-refractivity contribution in [3.63, 3.8) is 0 Å². The quantitative estimate of drug-likeness (QED) is 0.581. The summed E-state index contributed by atoms with van der Waals surface area (Å²) in [5, 5.41) is 5.00. The molecule has 140 valence electrons. The smallest absolute Gasteiger partial charge is 0.258 e. The summed E-state index contributed by atoms with van der Waals surface area (Å²) in [5.41, 5.74) is 3.94. The van der Waals surface area contributed by atoms with Crippen molar-refractivity contribution in [3.8, 4) is 11.4 Å². The molecule has 2 aromatic heterocycles. The van der Waals surface area contributed by atoms with Crippen molar-refractivity contribution >= 4 is 10.9 Å². The molecular formula is C22H20N4O2. The van der Waals surface area contributed by atoms with Gasteiger partial charge in [0.1, 0.15) is 11.6 Å². The van der Waals surface area contributed by atoms with Crippen molar-refractivity contribution in [3.05, 3.63) is 82.2 Å². The Morgan fingerprint density at radius 1 is 1.14 bits per heavy atom. The SMILES string of the molecule is COc1ccc2nc(Cc3ccc(-n4nccc4C4CC4)cc3)[nH]c(=O)c2c1. The molecule has 0 unspecified atom stereocenters. The molecule has 4 aromatic rings. The lowest BCUT2D eigenvalue weighted by Gasteiger charge is -2.08. The number of methoxy groups -OCH3 is 1. The van der Waals surface area contributed by atoms with Crippen LogP contribution in [-0.4, -0.2) is 26.9 Å². The fourth-order valence-electron chi connectivity index (χ4n) is 3.54. The number of fused-ring (bicyclic) bond motifs is 1. The molecule has 2 aromatic carbocycles. The fourth-order valence-corrected chi connectivity index (χ4v) is 3.54. The van der Waals surface area contributed by atoms with Gasteiger partial charge in [0.2, 0.25) is 0 Å². The molecule has 1 aliphatic carbocycles. The average molecular weight is 372 g/mol. The highest BCUT2D eigenvalue weighted by molar-refractivity contribution is 5.79. The van der Waals surface area contributed by atoms with Crippen LogP contribution in [0.5, 0.6) is 5.75 Å². The van der Waals surface area contributed by atoms with E-state index in [1.54, 1.807) is 13.2 Å². The number of hydrogen-bond donors (Lipinski definition) is 1. The maximum atomic E-state index is 12.4. The first-order valence-electron chi connectivity index (χ1n) is 9.41. The maximum absolute atomic E-state index is 12.4. The topological polar surface area (TPSA) is 72.8 Å². The Labute approximate surface area is 161 Å². The molecule has 1 N–H and O–H groups in total. The lowest BCUT2D eigenvalue weighted by Crippen LogP contribution is -2.12. The van der Waals surface area contributed by atoms with Gasteiger partial charge in [-0.3, -0.25) is 4.79 Å². The van der Waals surface area contributed by atoms with Crippen molar-refractivity contribution in [2.75, 3.05) is 7.11 Å². The Balaban J connectivity index is 1.41. The first kappa shape index (κ1) is 16.7. The minimum Gasteiger partial charge on any atom is -0.497 e. The van der Waals surface area contributed by atoms with Gasteiger partial charge in [-0.25, -0.2) is 9.67 Å². The Hall–Kier alpha value is -3.41. The zero-order valence-electron chi connectivity index (χ0n) is 15.6. The number of hydrogen-bond acceptors (Lipinski definition) is 4. The second kappa shape index (κ2) is 6.64. The van der Waals surface area contributed by atoms with Gasteiger partial charge in [0.15, 0.2) is 0 Å². The summed E-state index contributed by atoms with van der Waals surface area (Å²) >= 11 is 0. The largest absolute Gasteiger partial charge is 0.497 e. The molecule has 0 spiro atoms. The van der Waals surface area contributed by atoms with Crippen molar-refractivity contribution in [2.24, 2.45) is 0 Å². The predicted octanol–water partition coefficient (Wildman–Crippen LogP) is 3.59. The van der Waals surface area contributed by atoms with Gasteiger partial charge >= 0.3 is 0 Å². The number of nitrogens with one attached hydrogen (secondary N) is 1. The molecule has 1 fully saturated rings. The van der Waals surface area contributed by atoms with E-state index in [4.69, 9.17) is 4.74 Å². The summed E-state index contributed by atoms with van der Waals surface area (Å²) in [4.78, 5) is 19.9. The van der Waals surface area contributed by atoms with Crippen molar-refractivity contribution in [1.82, 2.24) is 19.7 Å². The van der Waals surface area contributed by atoms with Crippen LogP contribution in [0.25, 0.3) is 16.6 Å². The minimum absolute atomic E-state index is 0.152. The van der Waals surface area contributed by atoms with Gasteiger partial charge in [0.05, 0.1) is 23.7 Å². The molecule has 0 amide bonds. The number of rotatable bonds is 5. The second-order valence-corrected chi connectivity index (χ2v) is 7.18. The predicted molar refractivity (Wildman–Crippen MR) is 107 cm³/mol. The maximum Gasteiger partial charge on any atom is 0.258 e. The number of aromatic nitrogens is 4. The van der Waals surface area contributed by atoms with Crippen LogP contribution in [0.4, 0.5) is 0 Å². The van der Waals surface area contributed by atoms with E-state index in [1.807, 2.05) is 23.0 Å². The molecule has 6 nitrogen and oxygen atoms in total. The van der Waals surface area contributed by atoms with Gasteiger partial charge in [-0.15, -0.1) is 0 Å². The summed E-state index contributed by atoms with van der Waals surface area (Å²) in [7, 11) is 1.58. The first-order chi connectivity index (χ1) is 13.7. The molecule has 6 heteroatoms. The number of benzene rings is 2. The van der Waals surface area contributed by atoms with E-state index in [-0.39, 0.29) is 5.56 Å². The average Bonchev–Trinajstić information content (AvgIpc) is 3.45. The second-order valence-electron chi connectivity index (χ2n) is 7.18. The van der Waals surface area contributed by atoms with Gasteiger partial charge in [-0.05, 0) is 54.8 Å². The van der Waals surface area contributed by atoms with Crippen molar-refractivity contribution in [1.29, 1.82) is 0 Å². The van der Waals surface area contributed by atoms with Gasteiger partial charge in [-0.2, -0.15) is 5.10 Å². The number of H-pyrrole nitrogens is 1. The van der Waals surface area contributed by atoms with Crippen molar-refractivity contribution < 1.29 is 4.74 Å². The van der Waals surface area contributed by atoms with E-state index in [9.17, 15) is 4.79 Å². The molecule has 0 aliphatic heterocycles. The summed E-state index contributed by atoms with van der Waals surface area (Å²) < 4.78 is 7.20. The molecule has 2 heterocycles. The Bertz CT molecular complexity index is 1200. The highest BCUT2D eigenvalue weighted by Gasteiger charge is 2.27. The van der Waals surface area contributed by atoms with Crippen LogP contribution in [-0.2, 0) is 6.42 Å². The molecule has 0 atom stereocenters. The first-order valence-corrected chi connectivity index (χ1v) is 9.41. The van der Waals surface area contributed by atoms with Crippen LogP contribution in [0.15, 0.2) is 59.5 Å². The van der Waals surface area contributed by atoms with E-state index < -0.39 is 0 Å². The molecule has 0 saturated heterocycles. The van der Waals surface area contributed by atoms with Crippen LogP contribution >= 0.6 is 0 Å². The third kappa shape index (κ3) is 3.07. The van der Waals surface area contributed by atoms with E-state index >= 15 is 0 Å². The van der Waals surface area contributed by atoms with Crippen molar-refractivity contribution in [2.45, 2.75) is 25.2 Å². The molecular weight excluding hydrogens is 352 g/mol. The van der Waals surface area contributed by atoms with Crippen LogP contribution in [0, 0.1) is 0 Å². The highest BCUT2D eigenvalue weighted by Crippen LogP contribution is 2.40. The highest BCUT2D eigenvalue weighted by atomic mass is 16.5. The number of ether oxygens (including phenoxy) is 1. The molecule has 1 saturated carbocycles. The number of aromatic amines is 1. The summed E-state index contributed by atoms with van der Waals surface area (Å²) in [6, 6.07) is 15.7. The van der Waals surface area contributed by atoms with Crippen LogP contribution in [0.3, 0.4) is 0 Å². The molecule has 28 heavy (non-hydrogen) atoms.